The molecule has 2 N–H and O–H groups in total. The fourth-order valence-corrected chi connectivity index (χ4v) is 6.28. The molecule has 0 bridgehead atoms. The van der Waals surface area contributed by atoms with Crippen LogP contribution in [0.3, 0.4) is 0 Å². The molecule has 1 saturated heterocycles. The Morgan fingerprint density at radius 1 is 1.17 bits per heavy atom. The van der Waals surface area contributed by atoms with E-state index in [9.17, 15) is 27.9 Å². The highest BCUT2D eigenvalue weighted by Crippen LogP contribution is 2.61. The highest BCUT2D eigenvalue weighted by molar-refractivity contribution is 6.34. The van der Waals surface area contributed by atoms with Crippen molar-refractivity contribution in [3.63, 3.8) is 0 Å². The Morgan fingerprint density at radius 3 is 2.49 bits per heavy atom. The molecule has 2 amide bonds. The normalized spacial score (nSPS) is 21.2. The van der Waals surface area contributed by atoms with Crippen molar-refractivity contribution < 1.29 is 32.6 Å². The molecule has 5 rings (SSSR count). The molecule has 2 aromatic carbocycles. The van der Waals surface area contributed by atoms with Crippen molar-refractivity contribution in [1.82, 2.24) is 10.2 Å². The van der Waals surface area contributed by atoms with Gasteiger partial charge in [0.25, 0.3) is 17.4 Å². The zero-order valence-electron chi connectivity index (χ0n) is 23.1. The first-order chi connectivity index (χ1) is 19.4. The van der Waals surface area contributed by atoms with E-state index in [2.05, 4.69) is 10.2 Å². The first-order valence-corrected chi connectivity index (χ1v) is 14.3. The predicted octanol–water partition coefficient (Wildman–Crippen LogP) is 5.15. The number of ether oxygens (including phenoxy) is 1. The van der Waals surface area contributed by atoms with Crippen LogP contribution in [0.25, 0.3) is 0 Å². The molecule has 1 aliphatic heterocycles. The summed E-state index contributed by atoms with van der Waals surface area (Å²) in [6.07, 6.45) is 0.169. The Balaban J connectivity index is 1.16. The van der Waals surface area contributed by atoms with Crippen molar-refractivity contribution in [3.05, 3.63) is 58.6 Å². The second-order valence-electron chi connectivity index (χ2n) is 11.6. The van der Waals surface area contributed by atoms with Crippen LogP contribution in [0.1, 0.15) is 54.4 Å². The van der Waals surface area contributed by atoms with Crippen LogP contribution in [-0.2, 0) is 10.4 Å². The summed E-state index contributed by atoms with van der Waals surface area (Å²) in [4.78, 5) is 28.6. The molecule has 2 aliphatic carbocycles. The lowest BCUT2D eigenvalue weighted by Crippen LogP contribution is -2.55. The number of alkyl halides is 3. The van der Waals surface area contributed by atoms with Crippen molar-refractivity contribution in [2.75, 3.05) is 38.7 Å². The molecule has 3 fully saturated rings. The SMILES string of the molecule is COc1cccc([C@@](O)(C(=O)N(C)CC[C@@H]2CC23CCN(c2ccc(C(=O)NC4CC4)c(Cl)c2)CC3)C(F)(F)F)c1. The van der Waals surface area contributed by atoms with Crippen LogP contribution in [0.15, 0.2) is 42.5 Å². The maximum Gasteiger partial charge on any atom is 0.430 e. The molecule has 222 valence electrons. The minimum absolute atomic E-state index is 0.108. The molecular formula is C30H35ClF3N3O4. The Hall–Kier alpha value is -2.98. The van der Waals surface area contributed by atoms with Crippen LogP contribution >= 0.6 is 11.6 Å². The average molecular weight is 594 g/mol. The number of likely N-dealkylation sites (N-methyl/N-ethyl adjacent to an activating group) is 1. The van der Waals surface area contributed by atoms with Gasteiger partial charge in [-0.25, -0.2) is 0 Å². The first kappa shape index (κ1) is 29.5. The first-order valence-electron chi connectivity index (χ1n) is 13.9. The van der Waals surface area contributed by atoms with Crippen LogP contribution < -0.4 is 15.0 Å². The third-order valence-corrected chi connectivity index (χ3v) is 9.27. The molecule has 2 saturated carbocycles. The summed E-state index contributed by atoms with van der Waals surface area (Å²) in [5.74, 6) is -1.14. The lowest BCUT2D eigenvalue weighted by molar-refractivity contribution is -0.261. The molecule has 11 heteroatoms. The van der Waals surface area contributed by atoms with E-state index in [-0.39, 0.29) is 29.7 Å². The van der Waals surface area contributed by atoms with Gasteiger partial charge in [-0.2, -0.15) is 13.2 Å². The number of carbonyl (C=O) groups excluding carboxylic acids is 2. The summed E-state index contributed by atoms with van der Waals surface area (Å²) < 4.78 is 47.2. The number of nitrogens with one attached hydrogen (secondary N) is 1. The van der Waals surface area contributed by atoms with Crippen molar-refractivity contribution >= 4 is 29.1 Å². The maximum absolute atomic E-state index is 14.1. The van der Waals surface area contributed by atoms with Gasteiger partial charge in [0, 0.05) is 44.0 Å². The number of carbonyl (C=O) groups is 2. The molecule has 2 atom stereocenters. The van der Waals surface area contributed by atoms with E-state index in [1.165, 1.54) is 26.3 Å². The highest BCUT2D eigenvalue weighted by Gasteiger charge is 2.62. The molecule has 7 nitrogen and oxygen atoms in total. The van der Waals surface area contributed by atoms with E-state index >= 15 is 0 Å². The summed E-state index contributed by atoms with van der Waals surface area (Å²) in [6.45, 7) is 1.72. The standard InChI is InChI=1S/C30H35ClF3N3O4/c1-36(27(39)29(40,30(32,33)34)19-4-3-5-23(16-19)41-2)13-10-20-18-28(20)11-14-37(15-12-28)22-8-9-24(25(31)17-22)26(38)35-21-6-7-21/h3-5,8-9,16-17,20-21,40H,6-7,10-15,18H2,1-2H3,(H,35,38)/t20-,29-/m1/s1. The Morgan fingerprint density at radius 2 is 1.88 bits per heavy atom. The zero-order valence-corrected chi connectivity index (χ0v) is 23.9. The molecule has 41 heavy (non-hydrogen) atoms. The number of benzene rings is 2. The summed E-state index contributed by atoms with van der Waals surface area (Å²) in [6, 6.07) is 10.6. The second-order valence-corrected chi connectivity index (χ2v) is 12.0. The third-order valence-electron chi connectivity index (χ3n) is 8.96. The Bertz CT molecular complexity index is 1310. The number of aliphatic hydroxyl groups is 1. The van der Waals surface area contributed by atoms with Crippen molar-refractivity contribution in [1.29, 1.82) is 0 Å². The molecule has 3 aliphatic rings. The number of rotatable bonds is 9. The van der Waals surface area contributed by atoms with Gasteiger partial charge in [0.1, 0.15) is 5.75 Å². The fourth-order valence-electron chi connectivity index (χ4n) is 6.02. The van der Waals surface area contributed by atoms with Gasteiger partial charge in [-0.05, 0) is 80.2 Å². The summed E-state index contributed by atoms with van der Waals surface area (Å²) in [5, 5.41) is 14.1. The second kappa shape index (κ2) is 11.0. The third kappa shape index (κ3) is 5.86. The van der Waals surface area contributed by atoms with E-state index in [1.54, 1.807) is 6.07 Å². The Labute approximate surface area is 242 Å². The maximum atomic E-state index is 14.1. The van der Waals surface area contributed by atoms with Crippen LogP contribution in [0.4, 0.5) is 18.9 Å². The van der Waals surface area contributed by atoms with Gasteiger partial charge >= 0.3 is 6.18 Å². The molecule has 1 heterocycles. The Kier molecular flexibility index (Phi) is 7.93. The molecular weight excluding hydrogens is 559 g/mol. The average Bonchev–Trinajstić information content (AvgIpc) is 3.88. The number of methoxy groups -OCH3 is 1. The molecule has 0 unspecified atom stereocenters. The van der Waals surface area contributed by atoms with Gasteiger partial charge in [0.2, 0.25) is 0 Å². The smallest absolute Gasteiger partial charge is 0.430 e. The summed E-state index contributed by atoms with van der Waals surface area (Å²) >= 11 is 6.44. The van der Waals surface area contributed by atoms with E-state index in [0.717, 1.165) is 67.9 Å². The predicted molar refractivity (Wildman–Crippen MR) is 149 cm³/mol. The van der Waals surface area contributed by atoms with Crippen LogP contribution in [0.2, 0.25) is 5.02 Å². The number of amides is 2. The zero-order chi connectivity index (χ0) is 29.6. The molecule has 0 radical (unpaired) electrons. The van der Waals surface area contributed by atoms with Crippen LogP contribution in [0.5, 0.6) is 5.75 Å². The van der Waals surface area contributed by atoms with Crippen LogP contribution in [-0.4, -0.2) is 67.8 Å². The minimum Gasteiger partial charge on any atom is -0.497 e. The minimum atomic E-state index is -5.21. The monoisotopic (exact) mass is 593 g/mol. The van der Waals surface area contributed by atoms with Gasteiger partial charge in [0.05, 0.1) is 17.7 Å². The number of halogens is 4. The van der Waals surface area contributed by atoms with Gasteiger partial charge in [0.15, 0.2) is 0 Å². The number of nitrogens with zero attached hydrogens (tertiary/aromatic N) is 2. The fraction of sp³-hybridized carbons (Fsp3) is 0.533. The number of anilines is 1. The highest BCUT2D eigenvalue weighted by atomic mass is 35.5. The van der Waals surface area contributed by atoms with Crippen LogP contribution in [0, 0.1) is 11.3 Å². The van der Waals surface area contributed by atoms with Crippen molar-refractivity contribution in [3.8, 4) is 5.75 Å². The lowest BCUT2D eigenvalue weighted by atomic mass is 9.89. The van der Waals surface area contributed by atoms with E-state index in [1.807, 2.05) is 12.1 Å². The number of hydrogen-bond acceptors (Lipinski definition) is 5. The number of hydrogen-bond donors (Lipinski definition) is 2. The van der Waals surface area contributed by atoms with Crippen molar-refractivity contribution in [2.24, 2.45) is 11.3 Å². The van der Waals surface area contributed by atoms with Gasteiger partial charge in [-0.1, -0.05) is 23.7 Å². The summed E-state index contributed by atoms with van der Waals surface area (Å²) in [7, 11) is 2.60. The van der Waals surface area contributed by atoms with Crippen molar-refractivity contribution in [2.45, 2.75) is 56.3 Å². The van der Waals surface area contributed by atoms with Gasteiger partial charge < -0.3 is 25.0 Å². The molecule has 2 aromatic rings. The molecule has 1 spiro atoms. The number of piperidine rings is 1. The lowest BCUT2D eigenvalue weighted by Gasteiger charge is -2.35. The van der Waals surface area contributed by atoms with E-state index < -0.39 is 23.2 Å². The van der Waals surface area contributed by atoms with E-state index in [0.29, 0.717) is 22.9 Å². The largest absolute Gasteiger partial charge is 0.497 e. The van der Waals surface area contributed by atoms with Gasteiger partial charge in [-0.3, -0.25) is 9.59 Å². The quantitative estimate of drug-likeness (QED) is 0.421. The van der Waals surface area contributed by atoms with Gasteiger partial charge in [-0.15, -0.1) is 0 Å². The van der Waals surface area contributed by atoms with E-state index in [4.69, 9.17) is 16.3 Å². The summed E-state index contributed by atoms with van der Waals surface area (Å²) in [5.41, 5.74) is -2.70. The molecule has 0 aromatic heterocycles. The topological polar surface area (TPSA) is 82.1 Å².